The average Bonchev–Trinajstić information content (AvgIpc) is 2.49. The Morgan fingerprint density at radius 3 is 2.57 bits per heavy atom. The summed E-state index contributed by atoms with van der Waals surface area (Å²) in [6.07, 6.45) is -0.453. The molecule has 0 aliphatic carbocycles. The van der Waals surface area contributed by atoms with Crippen molar-refractivity contribution >= 4 is 12.1 Å². The van der Waals surface area contributed by atoms with Gasteiger partial charge in [0.25, 0.3) is 0 Å². The Balaban J connectivity index is 2.41. The van der Waals surface area contributed by atoms with Crippen molar-refractivity contribution in [2.75, 3.05) is 7.11 Å². The number of ether oxygens (including phenoxy) is 2. The van der Waals surface area contributed by atoms with E-state index in [1.807, 2.05) is 30.3 Å². The van der Waals surface area contributed by atoms with Crippen molar-refractivity contribution in [1.82, 2.24) is 5.32 Å². The molecule has 0 spiro atoms. The van der Waals surface area contributed by atoms with E-state index >= 15 is 0 Å². The maximum absolute atomic E-state index is 11.6. The Labute approximate surface area is 123 Å². The van der Waals surface area contributed by atoms with Crippen molar-refractivity contribution in [2.24, 2.45) is 0 Å². The molecule has 0 radical (unpaired) electrons. The lowest BCUT2D eigenvalue weighted by Gasteiger charge is -2.16. The molecule has 1 atom stereocenters. The van der Waals surface area contributed by atoms with Gasteiger partial charge in [0.05, 0.1) is 13.2 Å². The first-order valence-corrected chi connectivity index (χ1v) is 6.44. The molecule has 0 heterocycles. The van der Waals surface area contributed by atoms with Crippen LogP contribution < -0.4 is 5.32 Å². The fraction of sp³-hybridized carbons (Fsp3) is 0.333. The fourth-order valence-electron chi connectivity index (χ4n) is 1.59. The molecule has 1 unspecified atom stereocenters. The lowest BCUT2D eigenvalue weighted by Crippen LogP contribution is -2.36. The maximum Gasteiger partial charge on any atom is 0.408 e. The van der Waals surface area contributed by atoms with Crippen molar-refractivity contribution < 1.29 is 24.2 Å². The van der Waals surface area contributed by atoms with Gasteiger partial charge in [-0.2, -0.15) is 0 Å². The van der Waals surface area contributed by atoms with E-state index in [1.165, 1.54) is 7.11 Å². The Kier molecular flexibility index (Phi) is 6.80. The van der Waals surface area contributed by atoms with Gasteiger partial charge in [-0.1, -0.05) is 36.9 Å². The molecule has 0 bridgehead atoms. The van der Waals surface area contributed by atoms with E-state index in [4.69, 9.17) is 4.74 Å². The molecule has 114 valence electrons. The standard InChI is InChI=1S/C15H19NO5/c1-11(17)13(8-9-14(18)20-2)16-15(19)21-10-12-6-4-3-5-7-12/h3-7,13,17H,1,8-10H2,2H3,(H,16,19). The number of hydrogen-bond donors (Lipinski definition) is 2. The minimum Gasteiger partial charge on any atom is -0.511 e. The summed E-state index contributed by atoms with van der Waals surface area (Å²) in [5.74, 6) is -0.670. The van der Waals surface area contributed by atoms with Gasteiger partial charge in [0.1, 0.15) is 12.4 Å². The van der Waals surface area contributed by atoms with Gasteiger partial charge in [-0.05, 0) is 12.0 Å². The molecule has 1 amide bonds. The van der Waals surface area contributed by atoms with Gasteiger partial charge < -0.3 is 19.9 Å². The molecular weight excluding hydrogens is 274 g/mol. The summed E-state index contributed by atoms with van der Waals surface area (Å²) in [6.45, 7) is 3.48. The highest BCUT2D eigenvalue weighted by molar-refractivity contribution is 5.70. The number of alkyl carbamates (subject to hydrolysis) is 1. The molecule has 1 aromatic rings. The van der Waals surface area contributed by atoms with E-state index in [9.17, 15) is 14.7 Å². The van der Waals surface area contributed by atoms with Crippen LogP contribution in [0.1, 0.15) is 18.4 Å². The molecule has 6 heteroatoms. The predicted octanol–water partition coefficient (Wildman–Crippen LogP) is 2.31. The summed E-state index contributed by atoms with van der Waals surface area (Å²) >= 11 is 0. The molecule has 0 aromatic heterocycles. The van der Waals surface area contributed by atoms with Gasteiger partial charge in [-0.3, -0.25) is 4.79 Å². The normalized spacial score (nSPS) is 11.3. The summed E-state index contributed by atoms with van der Waals surface area (Å²) in [5, 5.41) is 11.9. The van der Waals surface area contributed by atoms with Gasteiger partial charge in [0.2, 0.25) is 0 Å². The molecular formula is C15H19NO5. The number of hydrogen-bond acceptors (Lipinski definition) is 5. The number of aliphatic hydroxyl groups excluding tert-OH is 1. The largest absolute Gasteiger partial charge is 0.511 e. The third-order valence-corrected chi connectivity index (χ3v) is 2.77. The van der Waals surface area contributed by atoms with Crippen molar-refractivity contribution in [2.45, 2.75) is 25.5 Å². The van der Waals surface area contributed by atoms with Crippen LogP contribution in [0.5, 0.6) is 0 Å². The second kappa shape index (κ2) is 8.63. The number of rotatable bonds is 7. The molecule has 0 aliphatic heterocycles. The van der Waals surface area contributed by atoms with Crippen LogP contribution in [0.15, 0.2) is 42.7 Å². The van der Waals surface area contributed by atoms with E-state index in [1.54, 1.807) is 0 Å². The minimum absolute atomic E-state index is 0.0553. The number of esters is 1. The highest BCUT2D eigenvalue weighted by atomic mass is 16.5. The number of nitrogens with one attached hydrogen (secondary N) is 1. The topological polar surface area (TPSA) is 84.9 Å². The van der Waals surface area contributed by atoms with Gasteiger partial charge >= 0.3 is 12.1 Å². The summed E-state index contributed by atoms with van der Waals surface area (Å²) < 4.78 is 9.52. The smallest absolute Gasteiger partial charge is 0.408 e. The Morgan fingerprint density at radius 1 is 1.33 bits per heavy atom. The van der Waals surface area contributed by atoms with Crippen molar-refractivity contribution in [1.29, 1.82) is 0 Å². The van der Waals surface area contributed by atoms with E-state index in [0.29, 0.717) is 0 Å². The van der Waals surface area contributed by atoms with Gasteiger partial charge in [-0.15, -0.1) is 0 Å². The van der Waals surface area contributed by atoms with Gasteiger partial charge in [-0.25, -0.2) is 4.79 Å². The van der Waals surface area contributed by atoms with Gasteiger partial charge in [0, 0.05) is 6.42 Å². The summed E-state index contributed by atoms with van der Waals surface area (Å²) in [6, 6.07) is 8.44. The fourth-order valence-corrected chi connectivity index (χ4v) is 1.59. The molecule has 0 aliphatic rings. The van der Waals surface area contributed by atoms with Crippen LogP contribution >= 0.6 is 0 Å². The van der Waals surface area contributed by atoms with Crippen LogP contribution in [0, 0.1) is 0 Å². The lowest BCUT2D eigenvalue weighted by atomic mass is 10.1. The first-order chi connectivity index (χ1) is 10.0. The summed E-state index contributed by atoms with van der Waals surface area (Å²) in [7, 11) is 1.27. The third kappa shape index (κ3) is 6.47. The average molecular weight is 293 g/mol. The molecule has 0 fully saturated rings. The van der Waals surface area contributed by atoms with E-state index in [0.717, 1.165) is 5.56 Å². The minimum atomic E-state index is -0.757. The maximum atomic E-state index is 11.6. The zero-order valence-electron chi connectivity index (χ0n) is 11.9. The summed E-state index contributed by atoms with van der Waals surface area (Å²) in [4.78, 5) is 22.7. The van der Waals surface area contributed by atoms with Crippen LogP contribution in [0.3, 0.4) is 0 Å². The predicted molar refractivity (Wildman–Crippen MR) is 76.6 cm³/mol. The molecule has 1 rings (SSSR count). The van der Waals surface area contributed by atoms with E-state index < -0.39 is 18.1 Å². The number of amides is 1. The molecule has 6 nitrogen and oxygen atoms in total. The highest BCUT2D eigenvalue weighted by Gasteiger charge is 2.17. The second-order valence-corrected chi connectivity index (χ2v) is 4.36. The number of benzene rings is 1. The molecule has 21 heavy (non-hydrogen) atoms. The summed E-state index contributed by atoms with van der Waals surface area (Å²) in [5.41, 5.74) is 0.849. The van der Waals surface area contributed by atoms with E-state index in [2.05, 4.69) is 16.6 Å². The Hall–Kier alpha value is -2.50. The van der Waals surface area contributed by atoms with Crippen LogP contribution in [-0.4, -0.2) is 30.3 Å². The first kappa shape index (κ1) is 16.6. The molecule has 1 aromatic carbocycles. The lowest BCUT2D eigenvalue weighted by molar-refractivity contribution is -0.140. The second-order valence-electron chi connectivity index (χ2n) is 4.36. The molecule has 2 N–H and O–H groups in total. The third-order valence-electron chi connectivity index (χ3n) is 2.77. The van der Waals surface area contributed by atoms with Crippen LogP contribution in [0.2, 0.25) is 0 Å². The van der Waals surface area contributed by atoms with Crippen LogP contribution in [0.25, 0.3) is 0 Å². The van der Waals surface area contributed by atoms with Crippen LogP contribution in [0.4, 0.5) is 4.79 Å². The number of methoxy groups -OCH3 is 1. The quantitative estimate of drug-likeness (QED) is 0.595. The number of aliphatic hydroxyl groups is 1. The van der Waals surface area contributed by atoms with E-state index in [-0.39, 0.29) is 25.2 Å². The highest BCUT2D eigenvalue weighted by Crippen LogP contribution is 2.07. The Morgan fingerprint density at radius 2 is 2.00 bits per heavy atom. The number of carbonyl (C=O) groups excluding carboxylic acids is 2. The number of carbonyl (C=O) groups is 2. The van der Waals surface area contributed by atoms with Crippen LogP contribution in [-0.2, 0) is 20.9 Å². The van der Waals surface area contributed by atoms with Crippen molar-refractivity contribution in [3.8, 4) is 0 Å². The molecule has 0 saturated heterocycles. The molecule has 0 saturated carbocycles. The SMILES string of the molecule is C=C(O)C(CCC(=O)OC)NC(=O)OCc1ccccc1. The zero-order chi connectivity index (χ0) is 15.7. The first-order valence-electron chi connectivity index (χ1n) is 6.44. The monoisotopic (exact) mass is 293 g/mol. The van der Waals surface area contributed by atoms with Crippen molar-refractivity contribution in [3.63, 3.8) is 0 Å². The zero-order valence-corrected chi connectivity index (χ0v) is 11.9. The van der Waals surface area contributed by atoms with Crippen molar-refractivity contribution in [3.05, 3.63) is 48.2 Å². The van der Waals surface area contributed by atoms with Gasteiger partial charge in [0.15, 0.2) is 0 Å². The Bertz CT molecular complexity index is 486.